The predicted octanol–water partition coefficient (Wildman–Crippen LogP) is 4.56. The summed E-state index contributed by atoms with van der Waals surface area (Å²) in [6, 6.07) is 12.6. The highest BCUT2D eigenvalue weighted by molar-refractivity contribution is 7.13. The zero-order chi connectivity index (χ0) is 17.2. The van der Waals surface area contributed by atoms with Gasteiger partial charge in [0.25, 0.3) is 0 Å². The molecule has 1 aliphatic rings. The number of aryl methyl sites for hydroxylation is 1. The molecule has 3 aromatic rings. The number of benzene rings is 1. The van der Waals surface area contributed by atoms with Gasteiger partial charge in [-0.15, -0.1) is 11.3 Å². The molecule has 1 atom stereocenters. The molecule has 2 aromatic heterocycles. The zero-order valence-corrected chi connectivity index (χ0v) is 14.1. The molecule has 0 saturated carbocycles. The van der Waals surface area contributed by atoms with Crippen LogP contribution in [0, 0.1) is 0 Å². The summed E-state index contributed by atoms with van der Waals surface area (Å²) in [7, 11) is 0. The van der Waals surface area contributed by atoms with Crippen molar-refractivity contribution in [3.8, 4) is 0 Å². The molecule has 0 amide bonds. The summed E-state index contributed by atoms with van der Waals surface area (Å²) in [5.74, 6) is 0.507. The van der Waals surface area contributed by atoms with E-state index < -0.39 is 6.16 Å². The monoisotopic (exact) mass is 352 g/mol. The Balaban J connectivity index is 1.74. The lowest BCUT2D eigenvalue weighted by molar-refractivity contribution is 0.117. The first-order valence-electron chi connectivity index (χ1n) is 7.97. The molecule has 4 rings (SSSR count). The maximum absolute atomic E-state index is 10.8. The summed E-state index contributed by atoms with van der Waals surface area (Å²) in [6.45, 7) is 0. The first-order valence-corrected chi connectivity index (χ1v) is 8.78. The highest BCUT2D eigenvalue weighted by Gasteiger charge is 2.22. The molecule has 1 aromatic carbocycles. The zero-order valence-electron chi connectivity index (χ0n) is 13.3. The number of imidazole rings is 1. The Morgan fingerprint density at radius 2 is 2.12 bits per heavy atom. The smallest absolute Gasteiger partial charge is 0.449 e. The van der Waals surface area contributed by atoms with Gasteiger partial charge in [0.1, 0.15) is 5.76 Å². The van der Waals surface area contributed by atoms with Crippen LogP contribution in [0.25, 0.3) is 6.08 Å². The van der Waals surface area contributed by atoms with Gasteiger partial charge in [0.05, 0.1) is 12.4 Å². The number of carbonyl (C=O) groups is 1. The van der Waals surface area contributed by atoms with Crippen LogP contribution in [0.1, 0.15) is 33.3 Å². The number of fused-ring (bicyclic) bond motifs is 1. The van der Waals surface area contributed by atoms with Gasteiger partial charge in [0, 0.05) is 28.6 Å². The van der Waals surface area contributed by atoms with E-state index in [-0.39, 0.29) is 6.04 Å². The molecular weight excluding hydrogens is 336 g/mol. The largest absolute Gasteiger partial charge is 0.511 e. The molecule has 1 N–H and O–H groups in total. The average molecular weight is 352 g/mol. The van der Waals surface area contributed by atoms with Gasteiger partial charge >= 0.3 is 6.16 Å². The Morgan fingerprint density at radius 1 is 1.28 bits per heavy atom. The number of aromatic nitrogens is 2. The number of thiophene rings is 1. The van der Waals surface area contributed by atoms with Crippen molar-refractivity contribution >= 4 is 23.6 Å². The average Bonchev–Trinajstić information content (AvgIpc) is 3.25. The molecule has 2 heterocycles. The minimum Gasteiger partial charge on any atom is -0.449 e. The molecule has 5 nitrogen and oxygen atoms in total. The van der Waals surface area contributed by atoms with Crippen molar-refractivity contribution < 1.29 is 14.6 Å². The Labute approximate surface area is 148 Å². The number of ether oxygens (including phenoxy) is 1. The standard InChI is InChI=1S/C19H16N2O3S/c22-19(23)24-15-7-6-14-10-17(25-16(14)11-15)18(21-9-8-20-12-21)13-4-2-1-3-5-13/h1-5,8-12,18H,6-7H2,(H,22,23). The molecule has 0 aliphatic heterocycles. The third kappa shape index (κ3) is 3.21. The summed E-state index contributed by atoms with van der Waals surface area (Å²) in [6.07, 6.45) is 7.55. The van der Waals surface area contributed by atoms with Crippen LogP contribution in [-0.2, 0) is 11.2 Å². The first-order chi connectivity index (χ1) is 12.2. The van der Waals surface area contributed by atoms with Crippen molar-refractivity contribution in [2.75, 3.05) is 0 Å². The fourth-order valence-corrected chi connectivity index (χ4v) is 4.43. The lowest BCUT2D eigenvalue weighted by Gasteiger charge is -2.17. The van der Waals surface area contributed by atoms with Crippen molar-refractivity contribution in [1.82, 2.24) is 9.55 Å². The second-order valence-electron chi connectivity index (χ2n) is 5.84. The lowest BCUT2D eigenvalue weighted by Crippen LogP contribution is -2.08. The third-order valence-corrected chi connectivity index (χ3v) is 5.40. The van der Waals surface area contributed by atoms with E-state index in [1.807, 2.05) is 36.8 Å². The van der Waals surface area contributed by atoms with E-state index in [1.54, 1.807) is 17.5 Å². The van der Waals surface area contributed by atoms with E-state index in [0.717, 1.165) is 11.3 Å². The van der Waals surface area contributed by atoms with Crippen LogP contribution in [0.4, 0.5) is 4.79 Å². The van der Waals surface area contributed by atoms with Crippen LogP contribution < -0.4 is 0 Å². The van der Waals surface area contributed by atoms with Gasteiger partial charge in [0.15, 0.2) is 0 Å². The summed E-state index contributed by atoms with van der Waals surface area (Å²) in [5.41, 5.74) is 2.42. The van der Waals surface area contributed by atoms with Crippen molar-refractivity contribution in [1.29, 1.82) is 0 Å². The second kappa shape index (κ2) is 6.57. The summed E-state index contributed by atoms with van der Waals surface area (Å²) in [4.78, 5) is 17.2. The molecule has 1 unspecified atom stereocenters. The minimum atomic E-state index is -1.26. The van der Waals surface area contributed by atoms with Gasteiger partial charge in [-0.25, -0.2) is 9.78 Å². The fraction of sp³-hybridized carbons (Fsp3) is 0.158. The van der Waals surface area contributed by atoms with E-state index in [1.165, 1.54) is 16.0 Å². The van der Waals surface area contributed by atoms with Gasteiger partial charge in [-0.1, -0.05) is 30.3 Å². The van der Waals surface area contributed by atoms with E-state index in [9.17, 15) is 4.79 Å². The topological polar surface area (TPSA) is 64.3 Å². The highest BCUT2D eigenvalue weighted by atomic mass is 32.1. The Bertz CT molecular complexity index is 914. The second-order valence-corrected chi connectivity index (χ2v) is 6.96. The minimum absolute atomic E-state index is 0.0524. The fourth-order valence-electron chi connectivity index (χ4n) is 3.13. The van der Waals surface area contributed by atoms with E-state index in [4.69, 9.17) is 9.84 Å². The van der Waals surface area contributed by atoms with E-state index >= 15 is 0 Å². The molecule has 1 aliphatic carbocycles. The van der Waals surface area contributed by atoms with Crippen LogP contribution in [-0.4, -0.2) is 20.8 Å². The van der Waals surface area contributed by atoms with Crippen LogP contribution in [0.2, 0.25) is 0 Å². The van der Waals surface area contributed by atoms with Crippen molar-refractivity contribution in [3.63, 3.8) is 0 Å². The molecular formula is C19H16N2O3S. The molecule has 25 heavy (non-hydrogen) atoms. The molecule has 0 fully saturated rings. The Kier molecular flexibility index (Phi) is 4.11. The van der Waals surface area contributed by atoms with Gasteiger partial charge in [-0.2, -0.15) is 0 Å². The number of nitrogens with zero attached hydrogens (tertiary/aromatic N) is 2. The van der Waals surface area contributed by atoms with Gasteiger partial charge < -0.3 is 14.4 Å². The van der Waals surface area contributed by atoms with Crippen LogP contribution in [0.15, 0.2) is 60.9 Å². The maximum Gasteiger partial charge on any atom is 0.511 e. The molecule has 0 saturated heterocycles. The molecule has 0 radical (unpaired) electrons. The third-order valence-electron chi connectivity index (χ3n) is 4.22. The molecule has 0 bridgehead atoms. The molecule has 6 heteroatoms. The maximum atomic E-state index is 10.8. The van der Waals surface area contributed by atoms with Crippen molar-refractivity contribution in [2.45, 2.75) is 18.9 Å². The Hall–Kier alpha value is -2.86. The summed E-state index contributed by atoms with van der Waals surface area (Å²) >= 11 is 1.67. The number of carboxylic acid groups (broad SMARTS) is 1. The molecule has 126 valence electrons. The summed E-state index contributed by atoms with van der Waals surface area (Å²) < 4.78 is 6.93. The number of allylic oxidation sites excluding steroid dienone is 1. The highest BCUT2D eigenvalue weighted by Crippen LogP contribution is 2.38. The van der Waals surface area contributed by atoms with Crippen LogP contribution >= 0.6 is 11.3 Å². The first kappa shape index (κ1) is 15.7. The van der Waals surface area contributed by atoms with E-state index in [2.05, 4.69) is 27.8 Å². The molecule has 0 spiro atoms. The van der Waals surface area contributed by atoms with Gasteiger partial charge in [-0.3, -0.25) is 0 Å². The number of hydrogen-bond acceptors (Lipinski definition) is 4. The van der Waals surface area contributed by atoms with Gasteiger partial charge in [-0.05, 0) is 29.7 Å². The van der Waals surface area contributed by atoms with Gasteiger partial charge in [0.2, 0.25) is 0 Å². The van der Waals surface area contributed by atoms with Crippen molar-refractivity contribution in [3.05, 3.63) is 81.8 Å². The van der Waals surface area contributed by atoms with E-state index in [0.29, 0.717) is 12.2 Å². The normalized spacial score (nSPS) is 14.5. The summed E-state index contributed by atoms with van der Waals surface area (Å²) in [5, 5.41) is 8.81. The Morgan fingerprint density at radius 3 is 2.84 bits per heavy atom. The lowest BCUT2D eigenvalue weighted by atomic mass is 10.0. The number of hydrogen-bond donors (Lipinski definition) is 1. The quantitative estimate of drug-likeness (QED) is 0.699. The SMILES string of the molecule is O=C(O)OC1=Cc2sc(C(c3ccccc3)n3ccnc3)cc2CC1. The van der Waals surface area contributed by atoms with Crippen LogP contribution in [0.3, 0.4) is 0 Å². The van der Waals surface area contributed by atoms with Crippen molar-refractivity contribution in [2.24, 2.45) is 0 Å². The number of rotatable bonds is 4. The van der Waals surface area contributed by atoms with Crippen LogP contribution in [0.5, 0.6) is 0 Å². The predicted molar refractivity (Wildman–Crippen MR) is 95.6 cm³/mol.